The van der Waals surface area contributed by atoms with E-state index in [1.807, 2.05) is 0 Å². The Morgan fingerprint density at radius 2 is 2.21 bits per heavy atom. The summed E-state index contributed by atoms with van der Waals surface area (Å²) in [4.78, 5) is 0. The van der Waals surface area contributed by atoms with Crippen LogP contribution in [0.3, 0.4) is 0 Å². The van der Waals surface area contributed by atoms with Gasteiger partial charge in [0.05, 0.1) is 6.07 Å². The normalized spacial score (nSPS) is 25.9. The van der Waals surface area contributed by atoms with Crippen molar-refractivity contribution in [3.05, 3.63) is 0 Å². The number of hydrogen-bond donors (Lipinski definition) is 1. The lowest BCUT2D eigenvalue weighted by Crippen LogP contribution is -2.31. The molecule has 14 heavy (non-hydrogen) atoms. The molecular formula is C12H22N2. The van der Waals surface area contributed by atoms with Gasteiger partial charge in [-0.2, -0.15) is 5.26 Å². The van der Waals surface area contributed by atoms with Gasteiger partial charge in [-0.3, -0.25) is 0 Å². The Hall–Kier alpha value is -0.550. The zero-order chi connectivity index (χ0) is 10.6. The summed E-state index contributed by atoms with van der Waals surface area (Å²) < 4.78 is 0. The lowest BCUT2D eigenvalue weighted by atomic mass is 9.88. The summed E-state index contributed by atoms with van der Waals surface area (Å²) >= 11 is 0. The van der Waals surface area contributed by atoms with Crippen LogP contribution in [0.5, 0.6) is 0 Å². The van der Waals surface area contributed by atoms with Crippen LogP contribution in [0, 0.1) is 22.7 Å². The minimum Gasteiger partial charge on any atom is -0.313 e. The molecule has 0 aromatic heterocycles. The topological polar surface area (TPSA) is 35.8 Å². The summed E-state index contributed by atoms with van der Waals surface area (Å²) in [6, 6.07) is 2.98. The number of hydrogen-bond acceptors (Lipinski definition) is 2. The molecule has 0 bridgehead atoms. The maximum Gasteiger partial charge on any atom is 0.0621 e. The first kappa shape index (κ1) is 11.5. The van der Waals surface area contributed by atoms with Crippen molar-refractivity contribution in [2.24, 2.45) is 11.3 Å². The van der Waals surface area contributed by atoms with Gasteiger partial charge >= 0.3 is 0 Å². The molecule has 1 aliphatic rings. The standard InChI is InChI=1S/C12H22N2/c1-4-10-8-11(10)14-9-12(2,3)6-5-7-13/h10-11,14H,4-6,8-9H2,1-3H3. The van der Waals surface area contributed by atoms with Crippen LogP contribution in [-0.4, -0.2) is 12.6 Å². The third-order valence-corrected chi connectivity index (χ3v) is 3.20. The van der Waals surface area contributed by atoms with Crippen molar-refractivity contribution in [2.75, 3.05) is 6.54 Å². The molecule has 2 heteroatoms. The van der Waals surface area contributed by atoms with Gasteiger partial charge in [-0.25, -0.2) is 0 Å². The van der Waals surface area contributed by atoms with E-state index in [-0.39, 0.29) is 5.41 Å². The Morgan fingerprint density at radius 1 is 1.50 bits per heavy atom. The van der Waals surface area contributed by atoms with E-state index in [0.29, 0.717) is 6.42 Å². The van der Waals surface area contributed by atoms with Crippen molar-refractivity contribution < 1.29 is 0 Å². The molecule has 0 amide bonds. The Morgan fingerprint density at radius 3 is 2.71 bits per heavy atom. The molecule has 1 N–H and O–H groups in total. The van der Waals surface area contributed by atoms with Gasteiger partial charge in [-0.05, 0) is 24.2 Å². The largest absolute Gasteiger partial charge is 0.313 e. The van der Waals surface area contributed by atoms with Crippen LogP contribution in [-0.2, 0) is 0 Å². The van der Waals surface area contributed by atoms with Crippen molar-refractivity contribution in [1.82, 2.24) is 5.32 Å². The van der Waals surface area contributed by atoms with Gasteiger partial charge in [-0.15, -0.1) is 0 Å². The smallest absolute Gasteiger partial charge is 0.0621 e. The van der Waals surface area contributed by atoms with E-state index in [2.05, 4.69) is 32.2 Å². The number of nitrogens with one attached hydrogen (secondary N) is 1. The molecule has 0 saturated heterocycles. The quantitative estimate of drug-likeness (QED) is 0.705. The average molecular weight is 194 g/mol. The van der Waals surface area contributed by atoms with Crippen molar-refractivity contribution >= 4 is 0 Å². The summed E-state index contributed by atoms with van der Waals surface area (Å²) in [7, 11) is 0. The van der Waals surface area contributed by atoms with E-state index in [1.54, 1.807) is 0 Å². The van der Waals surface area contributed by atoms with Gasteiger partial charge in [0.2, 0.25) is 0 Å². The van der Waals surface area contributed by atoms with E-state index in [9.17, 15) is 0 Å². The van der Waals surface area contributed by atoms with Crippen LogP contribution >= 0.6 is 0 Å². The van der Waals surface area contributed by atoms with Crippen LogP contribution in [0.25, 0.3) is 0 Å². The maximum atomic E-state index is 8.53. The molecule has 2 unspecified atom stereocenters. The molecule has 1 saturated carbocycles. The van der Waals surface area contributed by atoms with Gasteiger partial charge in [-0.1, -0.05) is 27.2 Å². The summed E-state index contributed by atoms with van der Waals surface area (Å²) in [5.41, 5.74) is 0.274. The lowest BCUT2D eigenvalue weighted by molar-refractivity contribution is 0.314. The predicted molar refractivity (Wildman–Crippen MR) is 58.8 cm³/mol. The van der Waals surface area contributed by atoms with Gasteiger partial charge in [0.1, 0.15) is 0 Å². The maximum absolute atomic E-state index is 8.53. The van der Waals surface area contributed by atoms with Crippen molar-refractivity contribution in [3.8, 4) is 6.07 Å². The van der Waals surface area contributed by atoms with E-state index in [1.165, 1.54) is 12.8 Å². The molecule has 2 nitrogen and oxygen atoms in total. The van der Waals surface area contributed by atoms with Crippen LogP contribution in [0.2, 0.25) is 0 Å². The van der Waals surface area contributed by atoms with Crippen LogP contribution in [0.15, 0.2) is 0 Å². The second kappa shape index (κ2) is 4.79. The Labute approximate surface area is 87.7 Å². The second-order valence-electron chi connectivity index (χ2n) is 5.21. The monoisotopic (exact) mass is 194 g/mol. The first-order valence-electron chi connectivity index (χ1n) is 5.69. The van der Waals surface area contributed by atoms with E-state index in [4.69, 9.17) is 5.26 Å². The fraction of sp³-hybridized carbons (Fsp3) is 0.917. The molecule has 80 valence electrons. The zero-order valence-electron chi connectivity index (χ0n) is 9.64. The van der Waals surface area contributed by atoms with E-state index in [0.717, 1.165) is 24.9 Å². The van der Waals surface area contributed by atoms with Crippen molar-refractivity contribution in [2.45, 2.75) is 52.5 Å². The van der Waals surface area contributed by atoms with E-state index < -0.39 is 0 Å². The molecule has 0 aliphatic heterocycles. The summed E-state index contributed by atoms with van der Waals surface area (Å²) in [6.07, 6.45) is 4.33. The molecule has 1 rings (SSSR count). The lowest BCUT2D eigenvalue weighted by Gasteiger charge is -2.23. The molecule has 2 atom stereocenters. The number of nitriles is 1. The highest BCUT2D eigenvalue weighted by molar-refractivity contribution is 4.93. The second-order valence-corrected chi connectivity index (χ2v) is 5.21. The van der Waals surface area contributed by atoms with Crippen molar-refractivity contribution in [1.29, 1.82) is 5.26 Å². The molecule has 0 aromatic carbocycles. The third-order valence-electron chi connectivity index (χ3n) is 3.20. The minimum absolute atomic E-state index is 0.274. The third kappa shape index (κ3) is 3.67. The average Bonchev–Trinajstić information content (AvgIpc) is 2.91. The number of nitrogens with zero attached hydrogens (tertiary/aromatic N) is 1. The van der Waals surface area contributed by atoms with Crippen LogP contribution in [0.1, 0.15) is 46.5 Å². The summed E-state index contributed by atoms with van der Waals surface area (Å²) in [5.74, 6) is 0.918. The predicted octanol–water partition coefficient (Wildman–Crippen LogP) is 2.70. The van der Waals surface area contributed by atoms with Gasteiger partial charge in [0.25, 0.3) is 0 Å². The van der Waals surface area contributed by atoms with Crippen LogP contribution < -0.4 is 5.32 Å². The van der Waals surface area contributed by atoms with Gasteiger partial charge in [0.15, 0.2) is 0 Å². The Kier molecular flexibility index (Phi) is 3.95. The highest BCUT2D eigenvalue weighted by atomic mass is 15.0. The molecule has 0 spiro atoms. The Balaban J connectivity index is 2.14. The molecule has 0 aromatic rings. The van der Waals surface area contributed by atoms with E-state index >= 15 is 0 Å². The van der Waals surface area contributed by atoms with Gasteiger partial charge in [0, 0.05) is 19.0 Å². The first-order chi connectivity index (χ1) is 6.59. The first-order valence-corrected chi connectivity index (χ1v) is 5.69. The molecule has 1 aliphatic carbocycles. The molecule has 1 fully saturated rings. The number of rotatable bonds is 6. The highest BCUT2D eigenvalue weighted by Gasteiger charge is 2.35. The highest BCUT2D eigenvalue weighted by Crippen LogP contribution is 2.34. The summed E-state index contributed by atoms with van der Waals surface area (Å²) in [5, 5.41) is 12.1. The molecule has 0 heterocycles. The fourth-order valence-electron chi connectivity index (χ4n) is 1.84. The minimum atomic E-state index is 0.274. The van der Waals surface area contributed by atoms with Crippen LogP contribution in [0.4, 0.5) is 0 Å². The molecule has 0 radical (unpaired) electrons. The molecular weight excluding hydrogens is 172 g/mol. The Bertz CT molecular complexity index is 215. The zero-order valence-corrected chi connectivity index (χ0v) is 9.64. The SMILES string of the molecule is CCC1CC1NCC(C)(C)CCC#N. The fourth-order valence-corrected chi connectivity index (χ4v) is 1.84. The van der Waals surface area contributed by atoms with Crippen molar-refractivity contribution in [3.63, 3.8) is 0 Å². The summed E-state index contributed by atoms with van der Waals surface area (Å²) in [6.45, 7) is 7.78. The van der Waals surface area contributed by atoms with Gasteiger partial charge < -0.3 is 5.32 Å².